The van der Waals surface area contributed by atoms with E-state index in [-0.39, 0.29) is 23.0 Å². The molecule has 4 N–H and O–H groups in total. The van der Waals surface area contributed by atoms with Gasteiger partial charge < -0.3 is 25.7 Å². The number of hydrogen-bond acceptors (Lipinski definition) is 6. The van der Waals surface area contributed by atoms with Crippen LogP contribution in [0.4, 0.5) is 20.3 Å². The van der Waals surface area contributed by atoms with Gasteiger partial charge in [-0.3, -0.25) is 9.59 Å². The van der Waals surface area contributed by atoms with E-state index in [1.165, 1.54) is 25.4 Å². The molecule has 1 aliphatic carbocycles. The Labute approximate surface area is 227 Å². The second-order valence-corrected chi connectivity index (χ2v) is 9.35. The van der Waals surface area contributed by atoms with Gasteiger partial charge in [0.15, 0.2) is 0 Å². The van der Waals surface area contributed by atoms with Crippen LogP contribution >= 0.6 is 0 Å². The minimum Gasteiger partial charge on any atom is -0.496 e. The van der Waals surface area contributed by atoms with Crippen LogP contribution in [-0.4, -0.2) is 40.4 Å². The summed E-state index contributed by atoms with van der Waals surface area (Å²) in [5.41, 5.74) is 10.5. The highest BCUT2D eigenvalue weighted by molar-refractivity contribution is 6.11. The van der Waals surface area contributed by atoms with E-state index in [1.54, 1.807) is 43.4 Å². The van der Waals surface area contributed by atoms with Gasteiger partial charge in [0.2, 0.25) is 5.91 Å². The lowest BCUT2D eigenvalue weighted by Gasteiger charge is -2.13. The monoisotopic (exact) mass is 542 g/mol. The first-order valence-electron chi connectivity index (χ1n) is 12.2. The number of fused-ring (bicyclic) bond motifs is 1. The number of aryl methyl sites for hydroxylation is 1. The Hall–Kier alpha value is -5.24. The number of hydrogen-bond donors (Lipinski definition) is 3. The molecule has 9 nitrogen and oxygen atoms in total. The van der Waals surface area contributed by atoms with Crippen LogP contribution in [0, 0.1) is 11.3 Å². The van der Waals surface area contributed by atoms with Crippen molar-refractivity contribution in [1.82, 2.24) is 14.9 Å². The highest BCUT2D eigenvalue weighted by Crippen LogP contribution is 2.45. The summed E-state index contributed by atoms with van der Waals surface area (Å²) in [7, 11) is 3.18. The summed E-state index contributed by atoms with van der Waals surface area (Å²) in [5, 5.41) is 15.4. The number of halogens is 2. The van der Waals surface area contributed by atoms with Gasteiger partial charge in [0, 0.05) is 30.9 Å². The van der Waals surface area contributed by atoms with Gasteiger partial charge in [-0.1, -0.05) is 24.8 Å². The predicted molar refractivity (Wildman–Crippen MR) is 147 cm³/mol. The Bertz CT molecular complexity index is 1740. The fourth-order valence-electron chi connectivity index (χ4n) is 4.75. The van der Waals surface area contributed by atoms with E-state index in [0.717, 1.165) is 5.56 Å². The molecule has 40 heavy (non-hydrogen) atoms. The van der Waals surface area contributed by atoms with Crippen molar-refractivity contribution in [3.05, 3.63) is 72.4 Å². The Morgan fingerprint density at radius 1 is 1.25 bits per heavy atom. The molecule has 202 valence electrons. The van der Waals surface area contributed by atoms with Crippen molar-refractivity contribution in [3.63, 3.8) is 0 Å². The van der Waals surface area contributed by atoms with Gasteiger partial charge in [-0.25, -0.2) is 13.8 Å². The number of carbonyl (C=O) groups is 2. The highest BCUT2D eigenvalue weighted by Gasteiger charge is 2.58. The molecule has 0 aliphatic heterocycles. The number of methoxy groups -OCH3 is 1. The van der Waals surface area contributed by atoms with Crippen LogP contribution in [0.3, 0.4) is 0 Å². The topological polar surface area (TPSA) is 135 Å². The number of pyridine rings is 1. The molecule has 2 amide bonds. The maximum absolute atomic E-state index is 13.4. The molecule has 0 spiro atoms. The number of rotatable bonds is 7. The fraction of sp³-hybridized carbons (Fsp3) is 0.172. The van der Waals surface area contributed by atoms with Crippen LogP contribution in [0.25, 0.3) is 33.3 Å². The molecule has 2 aromatic carbocycles. The van der Waals surface area contributed by atoms with Gasteiger partial charge in [0.25, 0.3) is 11.8 Å². The third-order valence-electron chi connectivity index (χ3n) is 6.84. The third-order valence-corrected chi connectivity index (χ3v) is 6.84. The molecule has 2 heterocycles. The zero-order chi connectivity index (χ0) is 28.8. The summed E-state index contributed by atoms with van der Waals surface area (Å²) in [6, 6.07) is 12.8. The molecule has 1 aliphatic rings. The molecule has 5 rings (SSSR count). The van der Waals surface area contributed by atoms with Crippen molar-refractivity contribution < 1.29 is 23.1 Å². The number of carbonyl (C=O) groups excluding carboxylic acids is 2. The average molecular weight is 543 g/mol. The molecule has 0 bridgehead atoms. The largest absolute Gasteiger partial charge is 0.496 e. The second-order valence-electron chi connectivity index (χ2n) is 9.35. The number of alkyl halides is 2. The van der Waals surface area contributed by atoms with E-state index in [4.69, 9.17) is 10.5 Å². The van der Waals surface area contributed by atoms with Crippen molar-refractivity contribution in [3.8, 4) is 34.2 Å². The van der Waals surface area contributed by atoms with Crippen LogP contribution in [-0.2, 0) is 11.8 Å². The van der Waals surface area contributed by atoms with E-state index in [1.807, 2.05) is 4.57 Å². The van der Waals surface area contributed by atoms with Gasteiger partial charge in [0.1, 0.15) is 17.6 Å². The number of aromatic nitrogens is 2. The fourth-order valence-corrected chi connectivity index (χ4v) is 4.75. The van der Waals surface area contributed by atoms with Crippen molar-refractivity contribution in [2.45, 2.75) is 18.4 Å². The van der Waals surface area contributed by atoms with Gasteiger partial charge in [-0.05, 0) is 41.5 Å². The van der Waals surface area contributed by atoms with Crippen LogP contribution in [0.1, 0.15) is 22.3 Å². The van der Waals surface area contributed by atoms with Gasteiger partial charge in [-0.15, -0.1) is 0 Å². The predicted octanol–water partition coefficient (Wildman–Crippen LogP) is 4.63. The molecular formula is C29H24F2N6O3. The standard InChI is InChI=1S/C29H24F2N6O3/c1-4-22(38)35-18-8-5-15(6-9-18)25-23(24-26(37(25)2)17(13-32)14-34-27(24)33)16-7-10-19(20(11-16)40-3)28(39)36-21-12-29(21,30)31/h4-11,14,21H,1,12H2,2-3H3,(H2,33,34)(H,35,38)(H,36,39). The van der Waals surface area contributed by atoms with Crippen molar-refractivity contribution in [2.75, 3.05) is 18.2 Å². The molecule has 2 aromatic heterocycles. The van der Waals surface area contributed by atoms with Gasteiger partial charge in [-0.2, -0.15) is 5.26 Å². The molecule has 1 fully saturated rings. The molecule has 0 saturated heterocycles. The number of ether oxygens (including phenoxy) is 1. The summed E-state index contributed by atoms with van der Waals surface area (Å²) in [5.74, 6) is -3.57. The van der Waals surface area contributed by atoms with Crippen LogP contribution < -0.4 is 21.1 Å². The van der Waals surface area contributed by atoms with E-state index in [9.17, 15) is 23.6 Å². The third kappa shape index (κ3) is 4.49. The quantitative estimate of drug-likeness (QED) is 0.292. The number of nitrogen functional groups attached to an aromatic ring is 1. The van der Waals surface area contributed by atoms with E-state index in [2.05, 4.69) is 28.3 Å². The van der Waals surface area contributed by atoms with Crippen molar-refractivity contribution in [1.29, 1.82) is 5.26 Å². The second kappa shape index (κ2) is 9.81. The van der Waals surface area contributed by atoms with Crippen LogP contribution in [0.2, 0.25) is 0 Å². The number of anilines is 2. The normalized spacial score (nSPS) is 15.2. The lowest BCUT2D eigenvalue weighted by Crippen LogP contribution is -2.29. The Balaban J connectivity index is 1.68. The summed E-state index contributed by atoms with van der Waals surface area (Å²) < 4.78 is 34.1. The van der Waals surface area contributed by atoms with E-state index in [0.29, 0.717) is 39.0 Å². The summed E-state index contributed by atoms with van der Waals surface area (Å²) >= 11 is 0. The smallest absolute Gasteiger partial charge is 0.270 e. The molecule has 1 saturated carbocycles. The first-order chi connectivity index (χ1) is 19.1. The lowest BCUT2D eigenvalue weighted by molar-refractivity contribution is -0.111. The van der Waals surface area contributed by atoms with Gasteiger partial charge >= 0.3 is 0 Å². The Kier molecular flexibility index (Phi) is 6.47. The number of nitrogens with one attached hydrogen (secondary N) is 2. The van der Waals surface area contributed by atoms with Crippen LogP contribution in [0.15, 0.2) is 61.3 Å². The van der Waals surface area contributed by atoms with Crippen molar-refractivity contribution in [2.24, 2.45) is 7.05 Å². The maximum atomic E-state index is 13.4. The minimum absolute atomic E-state index is 0.0989. The molecule has 11 heteroatoms. The highest BCUT2D eigenvalue weighted by atomic mass is 19.3. The SMILES string of the molecule is C=CC(=O)Nc1ccc(-c2c(-c3ccc(C(=O)NC4CC4(F)F)c(OC)c3)c3c(N)ncc(C#N)c3n2C)cc1. The first kappa shape index (κ1) is 26.4. The molecule has 1 atom stereocenters. The Morgan fingerprint density at radius 3 is 2.52 bits per heavy atom. The zero-order valence-electron chi connectivity index (χ0n) is 21.6. The zero-order valence-corrected chi connectivity index (χ0v) is 21.6. The summed E-state index contributed by atoms with van der Waals surface area (Å²) in [4.78, 5) is 28.7. The Morgan fingerprint density at radius 2 is 1.93 bits per heavy atom. The minimum atomic E-state index is -2.91. The number of benzene rings is 2. The van der Waals surface area contributed by atoms with Crippen LogP contribution in [0.5, 0.6) is 5.75 Å². The number of nitrogens with two attached hydrogens (primary N) is 1. The van der Waals surface area contributed by atoms with Crippen molar-refractivity contribution >= 4 is 34.2 Å². The van der Waals surface area contributed by atoms with Gasteiger partial charge in [0.05, 0.1) is 40.9 Å². The maximum Gasteiger partial charge on any atom is 0.270 e. The molecule has 0 radical (unpaired) electrons. The van der Waals surface area contributed by atoms with E-state index >= 15 is 0 Å². The van der Waals surface area contributed by atoms with E-state index < -0.39 is 24.3 Å². The first-order valence-corrected chi connectivity index (χ1v) is 12.2. The number of nitriles is 1. The number of nitrogens with zero attached hydrogens (tertiary/aromatic N) is 3. The summed E-state index contributed by atoms with van der Waals surface area (Å²) in [6.07, 6.45) is 2.17. The summed E-state index contributed by atoms with van der Waals surface area (Å²) in [6.45, 7) is 3.45. The molecule has 4 aromatic rings. The average Bonchev–Trinajstić information content (AvgIpc) is 3.42. The number of amides is 2. The molecular weight excluding hydrogens is 518 g/mol. The molecule has 1 unspecified atom stereocenters. The lowest BCUT2D eigenvalue weighted by atomic mass is 9.96.